The second-order valence-corrected chi connectivity index (χ2v) is 8.03. The van der Waals surface area contributed by atoms with Crippen LogP contribution >= 0.6 is 23.4 Å². The Labute approximate surface area is 194 Å². The van der Waals surface area contributed by atoms with Gasteiger partial charge in [-0.2, -0.15) is 4.98 Å². The number of rotatable bonds is 10. The summed E-state index contributed by atoms with van der Waals surface area (Å²) in [5, 5.41) is 14.0. The van der Waals surface area contributed by atoms with Crippen molar-refractivity contribution in [2.45, 2.75) is 37.8 Å². The van der Waals surface area contributed by atoms with Gasteiger partial charge in [-0.05, 0) is 55.5 Å². The van der Waals surface area contributed by atoms with E-state index < -0.39 is 0 Å². The predicted octanol–water partition coefficient (Wildman–Crippen LogP) is 5.14. The Bertz CT molecular complexity index is 1150. The van der Waals surface area contributed by atoms with Crippen LogP contribution < -0.4 is 9.47 Å². The van der Waals surface area contributed by atoms with Gasteiger partial charge in [0.1, 0.15) is 18.1 Å². The molecule has 0 aliphatic rings. The predicted molar refractivity (Wildman–Crippen MR) is 122 cm³/mol. The van der Waals surface area contributed by atoms with E-state index in [1.807, 2.05) is 66.9 Å². The van der Waals surface area contributed by atoms with Gasteiger partial charge >= 0.3 is 0 Å². The van der Waals surface area contributed by atoms with E-state index >= 15 is 0 Å². The van der Waals surface area contributed by atoms with Gasteiger partial charge in [-0.25, -0.2) is 0 Å². The summed E-state index contributed by atoms with van der Waals surface area (Å²) < 4.78 is 18.6. The Morgan fingerprint density at radius 3 is 2.34 bits per heavy atom. The molecule has 0 saturated heterocycles. The Morgan fingerprint density at radius 1 is 0.969 bits per heavy atom. The number of nitrogens with zero attached hydrogens (tertiary/aromatic N) is 5. The van der Waals surface area contributed by atoms with Crippen molar-refractivity contribution >= 4 is 23.4 Å². The number of aryl methyl sites for hydroxylation is 1. The average molecular weight is 472 g/mol. The third-order valence-corrected chi connectivity index (χ3v) is 5.60. The normalized spacial score (nSPS) is 11.0. The van der Waals surface area contributed by atoms with Crippen molar-refractivity contribution in [2.75, 3.05) is 6.61 Å². The van der Waals surface area contributed by atoms with Crippen LogP contribution in [0.3, 0.4) is 0 Å². The minimum absolute atomic E-state index is 0.241. The fraction of sp³-hybridized carbons (Fsp3) is 0.273. The van der Waals surface area contributed by atoms with Crippen molar-refractivity contribution in [1.82, 2.24) is 24.9 Å². The van der Waals surface area contributed by atoms with Gasteiger partial charge in [0.05, 0.1) is 12.4 Å². The highest BCUT2D eigenvalue weighted by Crippen LogP contribution is 2.27. The topological polar surface area (TPSA) is 88.1 Å². The van der Waals surface area contributed by atoms with Gasteiger partial charge in [0.25, 0.3) is 0 Å². The lowest BCUT2D eigenvalue weighted by Gasteiger charge is -2.11. The van der Waals surface area contributed by atoms with E-state index in [4.69, 9.17) is 25.6 Å². The average Bonchev–Trinajstić information content (AvgIpc) is 3.45. The summed E-state index contributed by atoms with van der Waals surface area (Å²) in [4.78, 5) is 4.35. The van der Waals surface area contributed by atoms with Gasteiger partial charge in [0, 0.05) is 17.1 Å². The molecule has 2 aromatic heterocycles. The van der Waals surface area contributed by atoms with Crippen LogP contribution in [-0.4, -0.2) is 31.5 Å². The maximum atomic E-state index is 6.08. The molecular formula is C22H22ClN5O3S. The molecule has 0 N–H and O–H groups in total. The van der Waals surface area contributed by atoms with Crippen LogP contribution in [-0.2, 0) is 18.8 Å². The molecule has 10 heteroatoms. The van der Waals surface area contributed by atoms with E-state index in [0.29, 0.717) is 45.8 Å². The number of ether oxygens (including phenoxy) is 2. The molecule has 0 saturated carbocycles. The van der Waals surface area contributed by atoms with E-state index in [0.717, 1.165) is 17.9 Å². The van der Waals surface area contributed by atoms with Crippen molar-refractivity contribution in [3.63, 3.8) is 0 Å². The standard InChI is InChI=1S/C22H22ClN5O3S/c1-3-19-24-21(31-27-19)14-32-22-26-25-20(28(22)16-7-5-15(23)6-8-16)13-30-18-11-9-17(10-12-18)29-4-2/h5-12H,3-4,13-14H2,1-2H3. The molecule has 0 aliphatic heterocycles. The second-order valence-electron chi connectivity index (χ2n) is 6.65. The quantitative estimate of drug-likeness (QED) is 0.294. The Balaban J connectivity index is 1.53. The van der Waals surface area contributed by atoms with Gasteiger partial charge in [-0.1, -0.05) is 35.4 Å². The molecule has 0 radical (unpaired) electrons. The maximum absolute atomic E-state index is 6.08. The van der Waals surface area contributed by atoms with E-state index in [2.05, 4.69) is 20.3 Å². The van der Waals surface area contributed by atoms with E-state index in [1.165, 1.54) is 11.8 Å². The molecule has 166 valence electrons. The first-order valence-electron chi connectivity index (χ1n) is 10.2. The molecule has 2 aromatic carbocycles. The highest BCUT2D eigenvalue weighted by Gasteiger charge is 2.17. The Hall–Kier alpha value is -3.04. The molecule has 0 fully saturated rings. The number of aromatic nitrogens is 5. The Kier molecular flexibility index (Phi) is 7.28. The Morgan fingerprint density at radius 2 is 1.69 bits per heavy atom. The third-order valence-electron chi connectivity index (χ3n) is 4.44. The summed E-state index contributed by atoms with van der Waals surface area (Å²) in [6.45, 7) is 4.79. The van der Waals surface area contributed by atoms with Gasteiger partial charge in [0.15, 0.2) is 16.8 Å². The molecule has 0 unspecified atom stereocenters. The van der Waals surface area contributed by atoms with Crippen LogP contribution in [0.4, 0.5) is 0 Å². The number of hydrogen-bond acceptors (Lipinski definition) is 8. The zero-order valence-corrected chi connectivity index (χ0v) is 19.3. The van der Waals surface area contributed by atoms with Crippen LogP contribution in [0.2, 0.25) is 5.02 Å². The fourth-order valence-corrected chi connectivity index (χ4v) is 3.84. The zero-order chi connectivity index (χ0) is 22.3. The van der Waals surface area contributed by atoms with Crippen LogP contribution in [0.25, 0.3) is 5.69 Å². The minimum atomic E-state index is 0.241. The van der Waals surface area contributed by atoms with Gasteiger partial charge < -0.3 is 14.0 Å². The third kappa shape index (κ3) is 5.41. The lowest BCUT2D eigenvalue weighted by molar-refractivity contribution is 0.291. The van der Waals surface area contributed by atoms with Gasteiger partial charge in [0.2, 0.25) is 5.89 Å². The van der Waals surface area contributed by atoms with Crippen molar-refractivity contribution in [2.24, 2.45) is 0 Å². The van der Waals surface area contributed by atoms with Crippen LogP contribution in [0.15, 0.2) is 58.2 Å². The van der Waals surface area contributed by atoms with Crippen molar-refractivity contribution in [3.8, 4) is 17.2 Å². The minimum Gasteiger partial charge on any atom is -0.494 e. The molecular weight excluding hydrogens is 450 g/mol. The highest BCUT2D eigenvalue weighted by molar-refractivity contribution is 7.98. The molecule has 4 aromatic rings. The summed E-state index contributed by atoms with van der Waals surface area (Å²) in [6.07, 6.45) is 0.724. The SMILES string of the molecule is CCOc1ccc(OCc2nnc(SCc3nc(CC)no3)n2-c2ccc(Cl)cc2)cc1. The lowest BCUT2D eigenvalue weighted by Crippen LogP contribution is -2.06. The molecule has 0 amide bonds. The highest BCUT2D eigenvalue weighted by atomic mass is 35.5. The largest absolute Gasteiger partial charge is 0.494 e. The number of benzene rings is 2. The van der Waals surface area contributed by atoms with Gasteiger partial charge in [-0.15, -0.1) is 10.2 Å². The molecule has 0 bridgehead atoms. The number of thioether (sulfide) groups is 1. The molecule has 32 heavy (non-hydrogen) atoms. The molecule has 0 aliphatic carbocycles. The summed E-state index contributed by atoms with van der Waals surface area (Å²) in [5.41, 5.74) is 0.881. The van der Waals surface area contributed by atoms with E-state index in [-0.39, 0.29) is 6.61 Å². The summed E-state index contributed by atoms with van der Waals surface area (Å²) >= 11 is 7.54. The number of hydrogen-bond donors (Lipinski definition) is 0. The monoisotopic (exact) mass is 471 g/mol. The van der Waals surface area contributed by atoms with Crippen LogP contribution in [0.1, 0.15) is 31.4 Å². The van der Waals surface area contributed by atoms with Crippen molar-refractivity contribution in [1.29, 1.82) is 0 Å². The second kappa shape index (κ2) is 10.5. The summed E-state index contributed by atoms with van der Waals surface area (Å²) in [7, 11) is 0. The smallest absolute Gasteiger partial charge is 0.237 e. The van der Waals surface area contributed by atoms with Crippen molar-refractivity contribution < 1.29 is 14.0 Å². The number of halogens is 1. The van der Waals surface area contributed by atoms with E-state index in [1.54, 1.807) is 0 Å². The summed E-state index contributed by atoms with van der Waals surface area (Å²) in [6, 6.07) is 15.0. The summed E-state index contributed by atoms with van der Waals surface area (Å²) in [5.74, 6) is 3.89. The van der Waals surface area contributed by atoms with Crippen molar-refractivity contribution in [3.05, 3.63) is 71.1 Å². The maximum Gasteiger partial charge on any atom is 0.237 e. The van der Waals surface area contributed by atoms with E-state index in [9.17, 15) is 0 Å². The molecule has 8 nitrogen and oxygen atoms in total. The van der Waals surface area contributed by atoms with Crippen LogP contribution in [0, 0.1) is 0 Å². The molecule has 2 heterocycles. The molecule has 0 atom stereocenters. The molecule has 0 spiro atoms. The van der Waals surface area contributed by atoms with Crippen LogP contribution in [0.5, 0.6) is 11.5 Å². The first-order chi connectivity index (χ1) is 15.7. The van der Waals surface area contributed by atoms with Gasteiger partial charge in [-0.3, -0.25) is 4.57 Å². The first kappa shape index (κ1) is 22.2. The molecule has 4 rings (SSSR count). The first-order valence-corrected chi connectivity index (χ1v) is 11.5. The fourth-order valence-electron chi connectivity index (χ4n) is 2.90. The zero-order valence-electron chi connectivity index (χ0n) is 17.7. The lowest BCUT2D eigenvalue weighted by atomic mass is 10.3.